The van der Waals surface area contributed by atoms with Crippen molar-refractivity contribution < 1.29 is 18.4 Å². The number of aromatic nitrogens is 1. The number of allylic oxidation sites excluding steroid dienone is 3. The van der Waals surface area contributed by atoms with Crippen LogP contribution in [0.5, 0.6) is 5.75 Å². The Bertz CT molecular complexity index is 1120. The quantitative estimate of drug-likeness (QED) is 0.637. The highest BCUT2D eigenvalue weighted by atomic mass is 79.9. The summed E-state index contributed by atoms with van der Waals surface area (Å²) >= 11 is 3.19. The van der Waals surface area contributed by atoms with E-state index in [9.17, 15) is 18.4 Å². The van der Waals surface area contributed by atoms with Gasteiger partial charge in [0.1, 0.15) is 11.5 Å². The van der Waals surface area contributed by atoms with Crippen molar-refractivity contribution in [2.45, 2.75) is 19.9 Å². The topological polar surface area (TPSA) is 88.8 Å². The predicted molar refractivity (Wildman–Crippen MR) is 115 cm³/mol. The maximum absolute atomic E-state index is 12.3. The number of pyridine rings is 1. The molecule has 9 heteroatoms. The van der Waals surface area contributed by atoms with Crippen LogP contribution in [0.3, 0.4) is 0 Å². The van der Waals surface area contributed by atoms with E-state index in [4.69, 9.17) is 4.74 Å². The van der Waals surface area contributed by atoms with Gasteiger partial charge in [0, 0.05) is 10.0 Å². The molecule has 1 aromatic heterocycles. The van der Waals surface area contributed by atoms with E-state index in [0.29, 0.717) is 26.6 Å². The van der Waals surface area contributed by atoms with Crippen LogP contribution in [0.15, 0.2) is 69.8 Å². The third kappa shape index (κ3) is 5.30. The predicted octanol–water partition coefficient (Wildman–Crippen LogP) is 3.67. The lowest BCUT2D eigenvalue weighted by Crippen LogP contribution is -2.33. The van der Waals surface area contributed by atoms with E-state index in [1.807, 2.05) is 12.2 Å². The normalized spacial score (nSPS) is 16.4. The van der Waals surface area contributed by atoms with Crippen LogP contribution in [0.4, 0.5) is 5.69 Å². The second-order valence-electron chi connectivity index (χ2n) is 6.88. The standard InChI is InChI=1S/C20H21BrN2O5S/c1-14-3-7-18(8-4-14)28-19-9-5-17(6-10-19)23(29(2,26)27)12-15-11-16(21)13-22(25)20(15)24/h3,5-11,13-14,25H,4,12H2,1-2H3. The van der Waals surface area contributed by atoms with Crippen LogP contribution in [-0.4, -0.2) is 24.6 Å². The third-order valence-corrected chi connectivity index (χ3v) is 5.97. The van der Waals surface area contributed by atoms with Crippen molar-refractivity contribution in [3.05, 3.63) is 80.9 Å². The summed E-state index contributed by atoms with van der Waals surface area (Å²) in [5.41, 5.74) is -0.184. The van der Waals surface area contributed by atoms with Crippen molar-refractivity contribution in [3.8, 4) is 5.75 Å². The van der Waals surface area contributed by atoms with Crippen LogP contribution in [0, 0.1) is 5.92 Å². The summed E-state index contributed by atoms with van der Waals surface area (Å²) in [7, 11) is -3.68. The molecule has 1 atom stereocenters. The largest absolute Gasteiger partial charge is 0.458 e. The van der Waals surface area contributed by atoms with Gasteiger partial charge in [0.05, 0.1) is 24.7 Å². The number of nitrogens with zero attached hydrogens (tertiary/aromatic N) is 2. The molecular weight excluding hydrogens is 460 g/mol. The van der Waals surface area contributed by atoms with Gasteiger partial charge >= 0.3 is 0 Å². The highest BCUT2D eigenvalue weighted by Gasteiger charge is 2.20. The zero-order valence-electron chi connectivity index (χ0n) is 15.9. The first-order valence-electron chi connectivity index (χ1n) is 8.88. The van der Waals surface area contributed by atoms with Gasteiger partial charge < -0.3 is 9.94 Å². The minimum Gasteiger partial charge on any atom is -0.458 e. The number of hydrogen-bond donors (Lipinski definition) is 1. The average Bonchev–Trinajstić information content (AvgIpc) is 2.65. The molecule has 29 heavy (non-hydrogen) atoms. The number of rotatable bonds is 6. The number of hydrogen-bond acceptors (Lipinski definition) is 5. The van der Waals surface area contributed by atoms with Crippen LogP contribution >= 0.6 is 15.9 Å². The average molecular weight is 481 g/mol. The number of ether oxygens (including phenoxy) is 1. The summed E-state index contributed by atoms with van der Waals surface area (Å²) in [4.78, 5) is 12.2. The first-order chi connectivity index (χ1) is 13.6. The first-order valence-corrected chi connectivity index (χ1v) is 11.5. The van der Waals surface area contributed by atoms with Gasteiger partial charge in [-0.25, -0.2) is 8.42 Å². The molecule has 0 fully saturated rings. The van der Waals surface area contributed by atoms with Gasteiger partial charge in [-0.15, -0.1) is 0 Å². The van der Waals surface area contributed by atoms with Crippen LogP contribution < -0.4 is 14.6 Å². The molecule has 0 radical (unpaired) electrons. The van der Waals surface area contributed by atoms with Gasteiger partial charge in [-0.3, -0.25) is 9.10 Å². The molecule has 0 amide bonds. The van der Waals surface area contributed by atoms with Crippen LogP contribution in [0.2, 0.25) is 0 Å². The van der Waals surface area contributed by atoms with Gasteiger partial charge in [0.2, 0.25) is 10.0 Å². The minimum absolute atomic E-state index is 0.124. The van der Waals surface area contributed by atoms with Gasteiger partial charge in [0.25, 0.3) is 5.56 Å². The summed E-state index contributed by atoms with van der Waals surface area (Å²) in [5.74, 6) is 1.80. The third-order valence-electron chi connectivity index (χ3n) is 4.40. The molecule has 1 heterocycles. The second kappa shape index (κ2) is 8.46. The molecule has 7 nitrogen and oxygen atoms in total. The van der Waals surface area contributed by atoms with E-state index < -0.39 is 15.6 Å². The SMILES string of the molecule is CC1C=CC(Oc2ccc(N(Cc3cc(Br)cn(O)c3=O)S(C)(=O)=O)cc2)=CC1. The van der Waals surface area contributed by atoms with Crippen LogP contribution in [0.25, 0.3) is 0 Å². The molecule has 1 aliphatic carbocycles. The van der Waals surface area contributed by atoms with Crippen molar-refractivity contribution in [2.75, 3.05) is 10.6 Å². The van der Waals surface area contributed by atoms with Gasteiger partial charge in [-0.05, 0) is 70.8 Å². The number of halogens is 1. The Labute approximate surface area is 177 Å². The summed E-state index contributed by atoms with van der Waals surface area (Å²) in [6.07, 6.45) is 9.15. The molecule has 0 bridgehead atoms. The monoisotopic (exact) mass is 480 g/mol. The van der Waals surface area contributed by atoms with E-state index in [2.05, 4.69) is 28.9 Å². The van der Waals surface area contributed by atoms with E-state index in [-0.39, 0.29) is 12.1 Å². The lowest BCUT2D eigenvalue weighted by Gasteiger charge is -2.23. The molecule has 2 aromatic rings. The molecule has 1 aliphatic rings. The maximum atomic E-state index is 12.3. The summed E-state index contributed by atoms with van der Waals surface area (Å²) in [6.45, 7) is 1.90. The number of anilines is 1. The van der Waals surface area contributed by atoms with E-state index in [0.717, 1.165) is 22.7 Å². The van der Waals surface area contributed by atoms with Crippen molar-refractivity contribution in [3.63, 3.8) is 0 Å². The van der Waals surface area contributed by atoms with Crippen molar-refractivity contribution in [2.24, 2.45) is 5.92 Å². The molecule has 1 N–H and O–H groups in total. The zero-order valence-corrected chi connectivity index (χ0v) is 18.4. The van der Waals surface area contributed by atoms with Crippen molar-refractivity contribution >= 4 is 31.6 Å². The Balaban J connectivity index is 1.85. The summed E-state index contributed by atoms with van der Waals surface area (Å²) < 4.78 is 32.5. The summed E-state index contributed by atoms with van der Waals surface area (Å²) in [5, 5.41) is 9.65. The van der Waals surface area contributed by atoms with Gasteiger partial charge in [-0.2, -0.15) is 4.73 Å². The zero-order chi connectivity index (χ0) is 21.2. The highest BCUT2D eigenvalue weighted by molar-refractivity contribution is 9.10. The fourth-order valence-corrected chi connectivity index (χ4v) is 4.20. The lowest BCUT2D eigenvalue weighted by molar-refractivity contribution is 0.173. The fourth-order valence-electron chi connectivity index (χ4n) is 2.86. The molecule has 0 aliphatic heterocycles. The Hall–Kier alpha value is -2.52. The molecule has 0 spiro atoms. The molecule has 3 rings (SSSR count). The molecule has 1 aromatic carbocycles. The molecule has 0 saturated heterocycles. The van der Waals surface area contributed by atoms with Gasteiger partial charge in [-0.1, -0.05) is 13.0 Å². The Kier molecular flexibility index (Phi) is 6.18. The molecule has 154 valence electrons. The van der Waals surface area contributed by atoms with Crippen LogP contribution in [0.1, 0.15) is 18.9 Å². The number of benzene rings is 1. The summed E-state index contributed by atoms with van der Waals surface area (Å²) in [6, 6.07) is 8.05. The van der Waals surface area contributed by atoms with Crippen molar-refractivity contribution in [1.29, 1.82) is 0 Å². The van der Waals surface area contributed by atoms with Crippen LogP contribution in [-0.2, 0) is 16.6 Å². The Morgan fingerprint density at radius 1 is 1.31 bits per heavy atom. The highest BCUT2D eigenvalue weighted by Crippen LogP contribution is 2.26. The van der Waals surface area contributed by atoms with E-state index in [1.165, 1.54) is 12.3 Å². The van der Waals surface area contributed by atoms with E-state index >= 15 is 0 Å². The minimum atomic E-state index is -3.68. The van der Waals surface area contributed by atoms with Gasteiger partial charge in [0.15, 0.2) is 0 Å². The molecule has 0 saturated carbocycles. The Morgan fingerprint density at radius 2 is 2.00 bits per heavy atom. The lowest BCUT2D eigenvalue weighted by atomic mass is 10.0. The molecule has 1 unspecified atom stereocenters. The smallest absolute Gasteiger partial charge is 0.287 e. The number of sulfonamides is 1. The van der Waals surface area contributed by atoms with E-state index in [1.54, 1.807) is 24.3 Å². The Morgan fingerprint density at radius 3 is 2.59 bits per heavy atom. The molecular formula is C20H21BrN2O5S. The first kappa shape index (κ1) is 21.2. The van der Waals surface area contributed by atoms with Crippen molar-refractivity contribution in [1.82, 2.24) is 4.73 Å². The maximum Gasteiger partial charge on any atom is 0.287 e. The second-order valence-corrected chi connectivity index (χ2v) is 9.70. The fraction of sp³-hybridized carbons (Fsp3) is 0.250.